The van der Waals surface area contributed by atoms with Crippen molar-refractivity contribution in [2.24, 2.45) is 11.7 Å². The second kappa shape index (κ2) is 7.67. The van der Waals surface area contributed by atoms with Crippen LogP contribution in [-0.2, 0) is 9.53 Å². The Morgan fingerprint density at radius 1 is 1.41 bits per heavy atom. The fourth-order valence-electron chi connectivity index (χ4n) is 2.38. The van der Waals surface area contributed by atoms with Gasteiger partial charge in [-0.2, -0.15) is 0 Å². The standard InChI is InChI=1S/C13H26N2O2/c1-10(12(14)13(16)15-2)17-9-8-11-6-4-3-5-7-11/h10-12H,3-9,14H2,1-2H3,(H,15,16). The lowest BCUT2D eigenvalue weighted by Crippen LogP contribution is -2.47. The van der Waals surface area contributed by atoms with Gasteiger partial charge in [0.2, 0.25) is 5.91 Å². The molecule has 0 aromatic heterocycles. The normalized spacial score (nSPS) is 20.9. The zero-order valence-corrected chi connectivity index (χ0v) is 11.1. The Morgan fingerprint density at radius 3 is 2.65 bits per heavy atom. The molecule has 2 atom stereocenters. The number of likely N-dealkylation sites (N-methyl/N-ethyl adjacent to an activating group) is 1. The van der Waals surface area contributed by atoms with Crippen molar-refractivity contribution < 1.29 is 9.53 Å². The van der Waals surface area contributed by atoms with Gasteiger partial charge in [-0.05, 0) is 19.3 Å². The van der Waals surface area contributed by atoms with Crippen LogP contribution in [0.5, 0.6) is 0 Å². The summed E-state index contributed by atoms with van der Waals surface area (Å²) < 4.78 is 5.64. The van der Waals surface area contributed by atoms with Crippen molar-refractivity contribution in [3.63, 3.8) is 0 Å². The minimum absolute atomic E-state index is 0.157. The van der Waals surface area contributed by atoms with Gasteiger partial charge in [0.15, 0.2) is 0 Å². The van der Waals surface area contributed by atoms with E-state index in [-0.39, 0.29) is 12.0 Å². The molecule has 0 spiro atoms. The molecule has 0 aromatic rings. The number of carbonyl (C=O) groups excluding carboxylic acids is 1. The van der Waals surface area contributed by atoms with E-state index in [0.717, 1.165) is 18.9 Å². The highest BCUT2D eigenvalue weighted by Gasteiger charge is 2.21. The molecule has 1 fully saturated rings. The third-order valence-corrected chi connectivity index (χ3v) is 3.69. The number of amides is 1. The molecule has 0 aromatic carbocycles. The van der Waals surface area contributed by atoms with E-state index in [0.29, 0.717) is 0 Å². The molecular weight excluding hydrogens is 216 g/mol. The minimum Gasteiger partial charge on any atom is -0.376 e. The Bertz CT molecular complexity index is 227. The molecule has 1 saturated carbocycles. The molecule has 3 N–H and O–H groups in total. The number of rotatable bonds is 6. The number of carbonyl (C=O) groups is 1. The molecule has 2 unspecified atom stereocenters. The van der Waals surface area contributed by atoms with Gasteiger partial charge in [-0.25, -0.2) is 0 Å². The van der Waals surface area contributed by atoms with Crippen LogP contribution in [0.3, 0.4) is 0 Å². The average molecular weight is 242 g/mol. The molecule has 1 amide bonds. The molecule has 4 nitrogen and oxygen atoms in total. The Hall–Kier alpha value is -0.610. The molecule has 0 saturated heterocycles. The van der Waals surface area contributed by atoms with Crippen LogP contribution in [0, 0.1) is 5.92 Å². The van der Waals surface area contributed by atoms with Crippen LogP contribution in [-0.4, -0.2) is 31.7 Å². The van der Waals surface area contributed by atoms with E-state index in [4.69, 9.17) is 10.5 Å². The highest BCUT2D eigenvalue weighted by atomic mass is 16.5. The zero-order chi connectivity index (χ0) is 12.7. The molecule has 1 aliphatic carbocycles. The van der Waals surface area contributed by atoms with Crippen LogP contribution in [0.4, 0.5) is 0 Å². The number of ether oxygens (including phenoxy) is 1. The summed E-state index contributed by atoms with van der Waals surface area (Å²) in [5, 5.41) is 2.54. The Balaban J connectivity index is 2.14. The van der Waals surface area contributed by atoms with Crippen molar-refractivity contribution in [1.29, 1.82) is 0 Å². The lowest BCUT2D eigenvalue weighted by molar-refractivity contribution is -0.125. The monoisotopic (exact) mass is 242 g/mol. The van der Waals surface area contributed by atoms with Crippen LogP contribution in [0.15, 0.2) is 0 Å². The van der Waals surface area contributed by atoms with E-state index in [1.54, 1.807) is 7.05 Å². The summed E-state index contributed by atoms with van der Waals surface area (Å²) in [6, 6.07) is -0.564. The van der Waals surface area contributed by atoms with Crippen molar-refractivity contribution in [2.75, 3.05) is 13.7 Å². The minimum atomic E-state index is -0.564. The molecule has 0 bridgehead atoms. The van der Waals surface area contributed by atoms with Crippen molar-refractivity contribution >= 4 is 5.91 Å². The molecule has 0 heterocycles. The summed E-state index contributed by atoms with van der Waals surface area (Å²) in [6.07, 6.45) is 7.66. The van der Waals surface area contributed by atoms with Gasteiger partial charge in [-0.3, -0.25) is 4.79 Å². The quantitative estimate of drug-likeness (QED) is 0.740. The van der Waals surface area contributed by atoms with Gasteiger partial charge in [-0.15, -0.1) is 0 Å². The highest BCUT2D eigenvalue weighted by molar-refractivity contribution is 5.81. The van der Waals surface area contributed by atoms with Gasteiger partial charge in [0, 0.05) is 13.7 Å². The van der Waals surface area contributed by atoms with E-state index in [1.165, 1.54) is 32.1 Å². The second-order valence-corrected chi connectivity index (χ2v) is 5.01. The van der Waals surface area contributed by atoms with Crippen LogP contribution in [0.2, 0.25) is 0 Å². The first-order valence-electron chi connectivity index (χ1n) is 6.74. The van der Waals surface area contributed by atoms with Gasteiger partial charge in [-0.1, -0.05) is 32.1 Å². The SMILES string of the molecule is CNC(=O)C(N)C(C)OCCC1CCCCC1. The fourth-order valence-corrected chi connectivity index (χ4v) is 2.38. The van der Waals surface area contributed by atoms with Gasteiger partial charge >= 0.3 is 0 Å². The van der Waals surface area contributed by atoms with E-state index < -0.39 is 6.04 Å². The van der Waals surface area contributed by atoms with Gasteiger partial charge in [0.25, 0.3) is 0 Å². The number of nitrogens with two attached hydrogens (primary N) is 1. The summed E-state index contributed by atoms with van der Waals surface area (Å²) in [6.45, 7) is 2.58. The predicted molar refractivity (Wildman–Crippen MR) is 68.6 cm³/mol. The average Bonchev–Trinajstić information content (AvgIpc) is 2.38. The Morgan fingerprint density at radius 2 is 2.06 bits per heavy atom. The third-order valence-electron chi connectivity index (χ3n) is 3.69. The molecule has 4 heteroatoms. The summed E-state index contributed by atoms with van der Waals surface area (Å²) in [4.78, 5) is 11.3. The maximum absolute atomic E-state index is 11.3. The predicted octanol–water partition coefficient (Wildman–Crippen LogP) is 1.44. The van der Waals surface area contributed by atoms with E-state index >= 15 is 0 Å². The molecule has 1 rings (SSSR count). The lowest BCUT2D eigenvalue weighted by Gasteiger charge is -2.23. The first-order valence-corrected chi connectivity index (χ1v) is 6.74. The molecule has 17 heavy (non-hydrogen) atoms. The van der Waals surface area contributed by atoms with E-state index in [1.807, 2.05) is 6.92 Å². The summed E-state index contributed by atoms with van der Waals surface area (Å²) in [5.41, 5.74) is 5.75. The second-order valence-electron chi connectivity index (χ2n) is 5.01. The third kappa shape index (κ3) is 5.04. The summed E-state index contributed by atoms with van der Waals surface area (Å²) >= 11 is 0. The fraction of sp³-hybridized carbons (Fsp3) is 0.923. The van der Waals surface area contributed by atoms with Crippen LogP contribution < -0.4 is 11.1 Å². The van der Waals surface area contributed by atoms with Crippen molar-refractivity contribution in [3.05, 3.63) is 0 Å². The number of nitrogens with one attached hydrogen (secondary N) is 1. The van der Waals surface area contributed by atoms with Crippen LogP contribution in [0.25, 0.3) is 0 Å². The zero-order valence-electron chi connectivity index (χ0n) is 11.1. The van der Waals surface area contributed by atoms with Crippen molar-refractivity contribution in [3.8, 4) is 0 Å². The molecule has 0 aliphatic heterocycles. The maximum atomic E-state index is 11.3. The van der Waals surface area contributed by atoms with Crippen molar-refractivity contribution in [1.82, 2.24) is 5.32 Å². The molecular formula is C13H26N2O2. The van der Waals surface area contributed by atoms with Gasteiger partial charge in [0.05, 0.1) is 6.10 Å². The molecule has 1 aliphatic rings. The first kappa shape index (κ1) is 14.5. The molecule has 0 radical (unpaired) electrons. The summed E-state index contributed by atoms with van der Waals surface area (Å²) in [7, 11) is 1.59. The van der Waals surface area contributed by atoms with Crippen LogP contribution in [0.1, 0.15) is 45.4 Å². The molecule has 100 valence electrons. The van der Waals surface area contributed by atoms with Gasteiger partial charge in [0.1, 0.15) is 6.04 Å². The van der Waals surface area contributed by atoms with Crippen LogP contribution >= 0.6 is 0 Å². The Labute approximate surface area is 104 Å². The number of hydrogen-bond donors (Lipinski definition) is 2. The number of hydrogen-bond acceptors (Lipinski definition) is 3. The highest BCUT2D eigenvalue weighted by Crippen LogP contribution is 2.26. The van der Waals surface area contributed by atoms with Gasteiger partial charge < -0.3 is 15.8 Å². The lowest BCUT2D eigenvalue weighted by atomic mass is 9.87. The largest absolute Gasteiger partial charge is 0.376 e. The van der Waals surface area contributed by atoms with Crippen molar-refractivity contribution in [2.45, 2.75) is 57.6 Å². The topological polar surface area (TPSA) is 64.4 Å². The smallest absolute Gasteiger partial charge is 0.239 e. The maximum Gasteiger partial charge on any atom is 0.239 e. The first-order chi connectivity index (χ1) is 8.15. The Kier molecular flexibility index (Phi) is 6.52. The van der Waals surface area contributed by atoms with E-state index in [9.17, 15) is 4.79 Å². The van der Waals surface area contributed by atoms with E-state index in [2.05, 4.69) is 5.32 Å². The summed E-state index contributed by atoms with van der Waals surface area (Å²) in [5.74, 6) is 0.655.